The van der Waals surface area contributed by atoms with Crippen LogP contribution < -0.4 is 14.8 Å². The molecule has 5 nitrogen and oxygen atoms in total. The van der Waals surface area contributed by atoms with Gasteiger partial charge in [0.05, 0.1) is 6.61 Å². The van der Waals surface area contributed by atoms with Crippen molar-refractivity contribution in [2.45, 2.75) is 19.4 Å². The summed E-state index contributed by atoms with van der Waals surface area (Å²) in [7, 11) is 0. The predicted octanol–water partition coefficient (Wildman–Crippen LogP) is 5.11. The van der Waals surface area contributed by atoms with E-state index in [4.69, 9.17) is 21.1 Å². The number of benzene rings is 2. The molecule has 1 N–H and O–H groups in total. The summed E-state index contributed by atoms with van der Waals surface area (Å²) in [4.78, 5) is 16.2. The number of rotatable bonds is 9. The van der Waals surface area contributed by atoms with E-state index < -0.39 is 0 Å². The SMILES string of the molecule is O=C(CCCOc1ccc(Cl)cc1)Nc1cccc(OCc2cccnc2)c1. The van der Waals surface area contributed by atoms with Crippen molar-refractivity contribution in [3.8, 4) is 11.5 Å². The topological polar surface area (TPSA) is 60.5 Å². The van der Waals surface area contributed by atoms with Crippen molar-refractivity contribution in [1.29, 1.82) is 0 Å². The maximum atomic E-state index is 12.1. The van der Waals surface area contributed by atoms with Gasteiger partial charge in [0.1, 0.15) is 18.1 Å². The van der Waals surface area contributed by atoms with Crippen molar-refractivity contribution >= 4 is 23.2 Å². The molecule has 2 aromatic carbocycles. The number of aromatic nitrogens is 1. The van der Waals surface area contributed by atoms with Gasteiger partial charge >= 0.3 is 0 Å². The molecule has 1 aromatic heterocycles. The molecule has 0 aliphatic rings. The average molecular weight is 397 g/mol. The number of nitrogens with one attached hydrogen (secondary N) is 1. The van der Waals surface area contributed by atoms with Crippen LogP contribution in [0.1, 0.15) is 18.4 Å². The molecule has 0 fully saturated rings. The Kier molecular flexibility index (Phi) is 7.27. The van der Waals surface area contributed by atoms with Gasteiger partial charge in [-0.1, -0.05) is 23.7 Å². The molecule has 0 saturated heterocycles. The van der Waals surface area contributed by atoms with Crippen LogP contribution in [0.4, 0.5) is 5.69 Å². The Morgan fingerprint density at radius 3 is 2.64 bits per heavy atom. The van der Waals surface area contributed by atoms with Crippen LogP contribution in [-0.4, -0.2) is 17.5 Å². The van der Waals surface area contributed by atoms with Crippen molar-refractivity contribution in [1.82, 2.24) is 4.98 Å². The molecule has 0 aliphatic heterocycles. The number of nitrogens with zero attached hydrogens (tertiary/aromatic N) is 1. The van der Waals surface area contributed by atoms with Crippen molar-refractivity contribution < 1.29 is 14.3 Å². The Labute approximate surface area is 169 Å². The first-order valence-electron chi connectivity index (χ1n) is 8.99. The molecular formula is C22H21ClN2O3. The smallest absolute Gasteiger partial charge is 0.224 e. The zero-order valence-corrected chi connectivity index (χ0v) is 16.1. The Hall–Kier alpha value is -3.05. The lowest BCUT2D eigenvalue weighted by Crippen LogP contribution is -2.12. The predicted molar refractivity (Wildman–Crippen MR) is 110 cm³/mol. The second kappa shape index (κ2) is 10.3. The number of carbonyl (C=O) groups excluding carboxylic acids is 1. The second-order valence-electron chi connectivity index (χ2n) is 6.13. The third-order valence-electron chi connectivity index (χ3n) is 3.88. The molecule has 1 amide bonds. The van der Waals surface area contributed by atoms with Gasteiger partial charge in [0.25, 0.3) is 0 Å². The fraction of sp³-hybridized carbons (Fsp3) is 0.182. The van der Waals surface area contributed by atoms with E-state index in [1.807, 2.05) is 30.3 Å². The fourth-order valence-electron chi connectivity index (χ4n) is 2.49. The minimum Gasteiger partial charge on any atom is -0.494 e. The number of pyridine rings is 1. The van der Waals surface area contributed by atoms with Crippen LogP contribution in [0.5, 0.6) is 11.5 Å². The van der Waals surface area contributed by atoms with Gasteiger partial charge in [0.15, 0.2) is 0 Å². The standard InChI is InChI=1S/C22H21ClN2O3/c23-18-8-10-20(11-9-18)27-13-3-7-22(26)25-19-5-1-6-21(14-19)28-16-17-4-2-12-24-15-17/h1-2,4-6,8-12,14-15H,3,7,13,16H2,(H,25,26). The summed E-state index contributed by atoms with van der Waals surface area (Å²) in [5, 5.41) is 3.55. The summed E-state index contributed by atoms with van der Waals surface area (Å²) in [5.74, 6) is 1.36. The van der Waals surface area contributed by atoms with Gasteiger partial charge < -0.3 is 14.8 Å². The van der Waals surface area contributed by atoms with E-state index in [1.54, 1.807) is 42.7 Å². The van der Waals surface area contributed by atoms with E-state index >= 15 is 0 Å². The minimum absolute atomic E-state index is 0.0656. The van der Waals surface area contributed by atoms with Gasteiger partial charge in [-0.25, -0.2) is 0 Å². The number of anilines is 1. The lowest BCUT2D eigenvalue weighted by Gasteiger charge is -2.10. The van der Waals surface area contributed by atoms with E-state index in [-0.39, 0.29) is 5.91 Å². The van der Waals surface area contributed by atoms with Crippen LogP contribution in [0.3, 0.4) is 0 Å². The van der Waals surface area contributed by atoms with Crippen molar-refractivity contribution in [2.24, 2.45) is 0 Å². The largest absolute Gasteiger partial charge is 0.494 e. The van der Waals surface area contributed by atoms with E-state index in [0.717, 1.165) is 11.3 Å². The summed E-state index contributed by atoms with van der Waals surface area (Å²) in [6.45, 7) is 0.886. The summed E-state index contributed by atoms with van der Waals surface area (Å²) < 4.78 is 11.3. The van der Waals surface area contributed by atoms with Crippen molar-refractivity contribution in [2.75, 3.05) is 11.9 Å². The molecular weight excluding hydrogens is 376 g/mol. The van der Waals surface area contributed by atoms with Crippen LogP contribution in [0, 0.1) is 0 Å². The molecule has 0 spiro atoms. The third kappa shape index (κ3) is 6.59. The van der Waals surface area contributed by atoms with Gasteiger partial charge in [-0.2, -0.15) is 0 Å². The third-order valence-corrected chi connectivity index (χ3v) is 4.13. The first-order valence-corrected chi connectivity index (χ1v) is 9.37. The molecule has 0 aliphatic carbocycles. The normalized spacial score (nSPS) is 10.3. The van der Waals surface area contributed by atoms with Crippen LogP contribution in [-0.2, 0) is 11.4 Å². The molecule has 0 saturated carbocycles. The quantitative estimate of drug-likeness (QED) is 0.510. The van der Waals surface area contributed by atoms with Gasteiger partial charge in [-0.15, -0.1) is 0 Å². The van der Waals surface area contributed by atoms with Gasteiger partial charge in [-0.05, 0) is 48.9 Å². The van der Waals surface area contributed by atoms with Gasteiger partial charge in [0, 0.05) is 41.2 Å². The Balaban J connectivity index is 1.40. The van der Waals surface area contributed by atoms with Crippen molar-refractivity contribution in [3.63, 3.8) is 0 Å². The van der Waals surface area contributed by atoms with Crippen LogP contribution in [0.25, 0.3) is 0 Å². The molecule has 144 valence electrons. The Morgan fingerprint density at radius 2 is 1.86 bits per heavy atom. The minimum atomic E-state index is -0.0656. The maximum Gasteiger partial charge on any atom is 0.224 e. The number of hydrogen-bond acceptors (Lipinski definition) is 4. The number of halogens is 1. The van der Waals surface area contributed by atoms with Gasteiger partial charge in [0.2, 0.25) is 5.91 Å². The number of hydrogen-bond donors (Lipinski definition) is 1. The highest BCUT2D eigenvalue weighted by molar-refractivity contribution is 6.30. The molecule has 3 rings (SSSR count). The van der Waals surface area contributed by atoms with E-state index in [1.165, 1.54) is 0 Å². The number of carbonyl (C=O) groups is 1. The summed E-state index contributed by atoms with van der Waals surface area (Å²) in [6, 6.07) is 18.3. The number of ether oxygens (including phenoxy) is 2. The molecule has 0 bridgehead atoms. The summed E-state index contributed by atoms with van der Waals surface area (Å²) in [5.41, 5.74) is 1.69. The first kappa shape index (κ1) is 19.7. The first-order chi connectivity index (χ1) is 13.7. The monoisotopic (exact) mass is 396 g/mol. The Bertz CT molecular complexity index is 886. The van der Waals surface area contributed by atoms with Gasteiger partial charge in [-0.3, -0.25) is 9.78 Å². The highest BCUT2D eigenvalue weighted by atomic mass is 35.5. The van der Waals surface area contributed by atoms with Crippen LogP contribution >= 0.6 is 11.6 Å². The fourth-order valence-corrected chi connectivity index (χ4v) is 2.62. The average Bonchev–Trinajstić information content (AvgIpc) is 2.72. The zero-order valence-electron chi connectivity index (χ0n) is 15.3. The highest BCUT2D eigenvalue weighted by Gasteiger charge is 2.04. The highest BCUT2D eigenvalue weighted by Crippen LogP contribution is 2.19. The Morgan fingerprint density at radius 1 is 1.00 bits per heavy atom. The van der Waals surface area contributed by atoms with Crippen LogP contribution in [0.2, 0.25) is 5.02 Å². The van der Waals surface area contributed by atoms with E-state index in [9.17, 15) is 4.79 Å². The molecule has 0 unspecified atom stereocenters. The molecule has 1 heterocycles. The maximum absolute atomic E-state index is 12.1. The zero-order chi connectivity index (χ0) is 19.6. The molecule has 0 atom stereocenters. The molecule has 0 radical (unpaired) electrons. The molecule has 28 heavy (non-hydrogen) atoms. The van der Waals surface area contributed by atoms with E-state index in [0.29, 0.717) is 42.5 Å². The van der Waals surface area contributed by atoms with Crippen molar-refractivity contribution in [3.05, 3.63) is 83.6 Å². The molecule has 6 heteroatoms. The molecule has 3 aromatic rings. The van der Waals surface area contributed by atoms with E-state index in [2.05, 4.69) is 10.3 Å². The summed E-state index contributed by atoms with van der Waals surface area (Å²) in [6.07, 6.45) is 4.47. The number of amides is 1. The summed E-state index contributed by atoms with van der Waals surface area (Å²) >= 11 is 5.83. The van der Waals surface area contributed by atoms with Crippen LogP contribution in [0.15, 0.2) is 73.1 Å². The lowest BCUT2D eigenvalue weighted by atomic mass is 10.2. The second-order valence-corrected chi connectivity index (χ2v) is 6.57. The lowest BCUT2D eigenvalue weighted by molar-refractivity contribution is -0.116.